The van der Waals surface area contributed by atoms with E-state index in [0.29, 0.717) is 23.5 Å². The van der Waals surface area contributed by atoms with Crippen LogP contribution in [0.25, 0.3) is 10.9 Å². The van der Waals surface area contributed by atoms with E-state index in [4.69, 9.17) is 0 Å². The van der Waals surface area contributed by atoms with Crippen molar-refractivity contribution >= 4 is 16.8 Å². The molecular formula is C20H25N5O. The Morgan fingerprint density at radius 3 is 2.96 bits per heavy atom. The molecule has 2 heterocycles. The number of fused-ring (bicyclic) bond motifs is 1. The second-order valence-electron chi connectivity index (χ2n) is 7.19. The Morgan fingerprint density at radius 2 is 2.27 bits per heavy atom. The average Bonchev–Trinajstić information content (AvgIpc) is 2.66. The van der Waals surface area contributed by atoms with Gasteiger partial charge in [0.25, 0.3) is 0 Å². The van der Waals surface area contributed by atoms with Crippen molar-refractivity contribution in [3.63, 3.8) is 0 Å². The van der Waals surface area contributed by atoms with E-state index in [1.54, 1.807) is 19.3 Å². The van der Waals surface area contributed by atoms with E-state index in [2.05, 4.69) is 33.9 Å². The topological polar surface area (TPSA) is 89.8 Å². The number of benzene rings is 1. The lowest BCUT2D eigenvalue weighted by atomic mass is 9.77. The molecule has 0 radical (unpaired) electrons. The Hall–Kier alpha value is -2.49. The number of hydrogen-bond acceptors (Lipinski definition) is 5. The van der Waals surface area contributed by atoms with E-state index in [-0.39, 0.29) is 11.9 Å². The van der Waals surface area contributed by atoms with Crippen molar-refractivity contribution in [3.8, 4) is 6.07 Å². The zero-order valence-corrected chi connectivity index (χ0v) is 15.5. The first-order valence-corrected chi connectivity index (χ1v) is 8.99. The van der Waals surface area contributed by atoms with Gasteiger partial charge in [0.15, 0.2) is 0 Å². The minimum Gasteiger partial charge on any atom is -0.344 e. The number of aromatic nitrogens is 1. The number of carbonyl (C=O) groups is 1. The van der Waals surface area contributed by atoms with Crippen LogP contribution in [0.15, 0.2) is 30.5 Å². The molecule has 3 atom stereocenters. The quantitative estimate of drug-likeness (QED) is 0.779. The first-order chi connectivity index (χ1) is 12.5. The second kappa shape index (κ2) is 7.40. The number of nitrogens with one attached hydrogen (secondary N) is 3. The lowest BCUT2D eigenvalue weighted by Crippen LogP contribution is -2.59. The summed E-state index contributed by atoms with van der Waals surface area (Å²) in [6, 6.07) is 9.55. The molecule has 1 fully saturated rings. The highest BCUT2D eigenvalue weighted by atomic mass is 16.2. The summed E-state index contributed by atoms with van der Waals surface area (Å²) in [6.07, 6.45) is 2.53. The fourth-order valence-corrected chi connectivity index (χ4v) is 3.79. The van der Waals surface area contributed by atoms with Gasteiger partial charge in [0.05, 0.1) is 22.7 Å². The number of hydrogen-bond donors (Lipinski definition) is 3. The van der Waals surface area contributed by atoms with E-state index < -0.39 is 5.54 Å². The Labute approximate surface area is 154 Å². The van der Waals surface area contributed by atoms with Gasteiger partial charge >= 0.3 is 0 Å². The van der Waals surface area contributed by atoms with Crippen LogP contribution in [0.5, 0.6) is 0 Å². The lowest BCUT2D eigenvalue weighted by molar-refractivity contribution is -0.125. The van der Waals surface area contributed by atoms with E-state index in [9.17, 15) is 10.1 Å². The summed E-state index contributed by atoms with van der Waals surface area (Å²) in [5.74, 6) is 0.376. The highest BCUT2D eigenvalue weighted by Gasteiger charge is 2.40. The second-order valence-corrected chi connectivity index (χ2v) is 7.19. The predicted octanol–water partition coefficient (Wildman–Crippen LogP) is 1.66. The van der Waals surface area contributed by atoms with Gasteiger partial charge in [0.2, 0.25) is 5.91 Å². The van der Waals surface area contributed by atoms with Crippen LogP contribution in [0.1, 0.15) is 31.4 Å². The number of carbonyl (C=O) groups excluding carboxylic acids is 1. The van der Waals surface area contributed by atoms with Gasteiger partial charge in [-0.05, 0) is 50.6 Å². The summed E-state index contributed by atoms with van der Waals surface area (Å²) in [5, 5.41) is 20.1. The van der Waals surface area contributed by atoms with Gasteiger partial charge in [-0.3, -0.25) is 9.78 Å². The Kier molecular flexibility index (Phi) is 5.21. The summed E-state index contributed by atoms with van der Waals surface area (Å²) in [5.41, 5.74) is 1.71. The number of rotatable bonds is 4. The zero-order chi connectivity index (χ0) is 18.7. The van der Waals surface area contributed by atoms with Crippen molar-refractivity contribution in [3.05, 3.63) is 41.6 Å². The molecule has 0 spiro atoms. The molecule has 26 heavy (non-hydrogen) atoms. The number of likely N-dealkylation sites (N-methyl/N-ethyl adjacent to an activating group) is 1. The number of piperidine rings is 1. The third-order valence-corrected chi connectivity index (χ3v) is 5.21. The molecule has 1 aromatic heterocycles. The molecule has 2 aromatic rings. The number of nitriles is 1. The van der Waals surface area contributed by atoms with Crippen LogP contribution < -0.4 is 16.0 Å². The molecule has 6 heteroatoms. The monoisotopic (exact) mass is 351 g/mol. The largest absolute Gasteiger partial charge is 0.344 e. The van der Waals surface area contributed by atoms with Crippen molar-refractivity contribution < 1.29 is 4.79 Å². The molecule has 1 aromatic carbocycles. The Balaban J connectivity index is 2.15. The van der Waals surface area contributed by atoms with Crippen molar-refractivity contribution in [2.75, 3.05) is 20.1 Å². The molecule has 1 unspecified atom stereocenters. The van der Waals surface area contributed by atoms with Crippen LogP contribution in [0.2, 0.25) is 0 Å². The van der Waals surface area contributed by atoms with Crippen LogP contribution in [-0.2, 0) is 10.3 Å². The standard InChI is InChI=1S/C20H25N5O/c1-13-9-20(12-23-11-13,25-19(26)14(2)22-3)17-7-6-15(10-21)18-16(17)5-4-8-24-18/h4-8,13-14,22-23H,9,11-12H2,1-3H3,(H,25,26)/t13-,14?,20-/m0/s1. The third kappa shape index (κ3) is 3.28. The third-order valence-electron chi connectivity index (χ3n) is 5.21. The highest BCUT2D eigenvalue weighted by Crippen LogP contribution is 2.36. The minimum atomic E-state index is -0.533. The van der Waals surface area contributed by atoms with Gasteiger partial charge in [-0.1, -0.05) is 19.1 Å². The normalized spacial score (nSPS) is 24.0. The molecule has 3 rings (SSSR count). The molecule has 1 amide bonds. The van der Waals surface area contributed by atoms with Crippen molar-refractivity contribution in [2.45, 2.75) is 31.8 Å². The van der Waals surface area contributed by atoms with Gasteiger partial charge in [-0.2, -0.15) is 5.26 Å². The van der Waals surface area contributed by atoms with E-state index in [1.807, 2.05) is 25.1 Å². The Bertz CT molecular complexity index is 859. The van der Waals surface area contributed by atoms with Crippen LogP contribution >= 0.6 is 0 Å². The predicted molar refractivity (Wildman–Crippen MR) is 101 cm³/mol. The molecular weight excluding hydrogens is 326 g/mol. The van der Waals surface area contributed by atoms with Gasteiger partial charge in [-0.25, -0.2) is 0 Å². The number of amides is 1. The van der Waals surface area contributed by atoms with E-state index in [0.717, 1.165) is 23.9 Å². The first kappa shape index (κ1) is 18.3. The highest BCUT2D eigenvalue weighted by molar-refractivity contribution is 5.89. The maximum Gasteiger partial charge on any atom is 0.237 e. The summed E-state index contributed by atoms with van der Waals surface area (Å²) < 4.78 is 0. The van der Waals surface area contributed by atoms with Crippen molar-refractivity contribution in [2.24, 2.45) is 5.92 Å². The summed E-state index contributed by atoms with van der Waals surface area (Å²) in [7, 11) is 1.78. The maximum atomic E-state index is 12.7. The summed E-state index contributed by atoms with van der Waals surface area (Å²) >= 11 is 0. The molecule has 136 valence electrons. The molecule has 3 N–H and O–H groups in total. The van der Waals surface area contributed by atoms with Crippen LogP contribution in [0, 0.1) is 17.2 Å². The number of nitrogens with zero attached hydrogens (tertiary/aromatic N) is 2. The Morgan fingerprint density at radius 1 is 1.46 bits per heavy atom. The lowest BCUT2D eigenvalue weighted by Gasteiger charge is -2.42. The van der Waals surface area contributed by atoms with Crippen LogP contribution in [0.4, 0.5) is 0 Å². The van der Waals surface area contributed by atoms with E-state index >= 15 is 0 Å². The summed E-state index contributed by atoms with van der Waals surface area (Å²) in [4.78, 5) is 17.1. The van der Waals surface area contributed by atoms with E-state index in [1.165, 1.54) is 0 Å². The zero-order valence-electron chi connectivity index (χ0n) is 15.5. The van der Waals surface area contributed by atoms with Crippen molar-refractivity contribution in [1.29, 1.82) is 5.26 Å². The molecule has 6 nitrogen and oxygen atoms in total. The van der Waals surface area contributed by atoms with Crippen LogP contribution in [-0.4, -0.2) is 37.1 Å². The van der Waals surface area contributed by atoms with Gasteiger partial charge in [-0.15, -0.1) is 0 Å². The van der Waals surface area contributed by atoms with Crippen LogP contribution in [0.3, 0.4) is 0 Å². The minimum absolute atomic E-state index is 0.0372. The molecule has 1 aliphatic rings. The first-order valence-electron chi connectivity index (χ1n) is 8.99. The fourth-order valence-electron chi connectivity index (χ4n) is 3.79. The maximum absolute atomic E-state index is 12.7. The summed E-state index contributed by atoms with van der Waals surface area (Å²) in [6.45, 7) is 5.60. The smallest absolute Gasteiger partial charge is 0.237 e. The van der Waals surface area contributed by atoms with Crippen molar-refractivity contribution in [1.82, 2.24) is 20.9 Å². The molecule has 0 saturated carbocycles. The molecule has 0 aliphatic carbocycles. The number of pyridine rings is 1. The van der Waals surface area contributed by atoms with Gasteiger partial charge in [0.1, 0.15) is 6.07 Å². The SMILES string of the molecule is CNC(C)C(=O)N[C@]1(c2ccc(C#N)c3ncccc23)CNC[C@@H](C)C1. The molecule has 1 aliphatic heterocycles. The molecule has 1 saturated heterocycles. The fraction of sp³-hybridized carbons (Fsp3) is 0.450. The van der Waals surface area contributed by atoms with Gasteiger partial charge < -0.3 is 16.0 Å². The average molecular weight is 351 g/mol. The van der Waals surface area contributed by atoms with Gasteiger partial charge in [0, 0.05) is 18.1 Å². The molecule has 0 bridgehead atoms.